The molecule has 3 aromatic rings. The highest BCUT2D eigenvalue weighted by Gasteiger charge is 2.43. The van der Waals surface area contributed by atoms with Gasteiger partial charge in [-0.15, -0.1) is 0 Å². The minimum absolute atomic E-state index is 0.120. The maximum atomic E-state index is 13.8. The van der Waals surface area contributed by atoms with E-state index < -0.39 is 5.95 Å². The Hall–Kier alpha value is -2.64. The maximum absolute atomic E-state index is 13.8. The molecule has 2 aliphatic carbocycles. The van der Waals surface area contributed by atoms with Gasteiger partial charge in [-0.1, -0.05) is 0 Å². The monoisotopic (exact) mass is 342 g/mol. The first kappa shape index (κ1) is 14.7. The Bertz CT molecular complexity index is 1010. The first-order valence-electron chi connectivity index (χ1n) is 8.63. The molecular weight excluding hydrogens is 323 g/mol. The number of hydrogen-bond donors (Lipinski definition) is 2. The van der Waals surface area contributed by atoms with E-state index in [9.17, 15) is 9.18 Å². The Kier molecular flexibility index (Phi) is 2.90. The number of H-pyrrole nitrogens is 1. The van der Waals surface area contributed by atoms with Crippen molar-refractivity contribution in [3.05, 3.63) is 28.6 Å². The molecule has 2 aliphatic rings. The number of hydrogen-bond acceptors (Lipinski definition) is 4. The fourth-order valence-corrected chi connectivity index (χ4v) is 3.87. The van der Waals surface area contributed by atoms with Gasteiger partial charge in [0.2, 0.25) is 5.95 Å². The Morgan fingerprint density at radius 1 is 1.32 bits per heavy atom. The second-order valence-corrected chi connectivity index (χ2v) is 7.26. The molecule has 0 saturated heterocycles. The summed E-state index contributed by atoms with van der Waals surface area (Å²) in [6.07, 6.45) is 6.42. The molecule has 0 amide bonds. The predicted octanol–water partition coefficient (Wildman–Crippen LogP) is 2.21. The lowest BCUT2D eigenvalue weighted by molar-refractivity contribution is 0.386. The lowest BCUT2D eigenvalue weighted by Gasteiger charge is -2.20. The van der Waals surface area contributed by atoms with Gasteiger partial charge in [-0.3, -0.25) is 9.89 Å². The molecular formula is C17H19FN6O. The first-order valence-corrected chi connectivity index (χ1v) is 8.63. The van der Waals surface area contributed by atoms with Gasteiger partial charge >= 0.3 is 0 Å². The van der Waals surface area contributed by atoms with Gasteiger partial charge in [-0.25, -0.2) is 4.68 Å². The summed E-state index contributed by atoms with van der Waals surface area (Å²) in [5.74, 6) is 0.833. The number of rotatable bonds is 4. The van der Waals surface area contributed by atoms with Gasteiger partial charge in [-0.2, -0.15) is 14.6 Å². The SMILES string of the molecule is Cn1nc(-c2cn(C(C3CC3)C3CC3)c(=O)c3c(N)n[nH]c23)cc1F. The summed E-state index contributed by atoms with van der Waals surface area (Å²) in [5.41, 5.74) is 7.47. The molecule has 8 heteroatoms. The number of nitrogens with two attached hydrogens (primary N) is 1. The molecule has 0 aromatic carbocycles. The number of nitrogens with one attached hydrogen (secondary N) is 1. The Morgan fingerprint density at radius 2 is 2.00 bits per heavy atom. The maximum Gasteiger partial charge on any atom is 0.264 e. The zero-order valence-electron chi connectivity index (χ0n) is 13.9. The Morgan fingerprint density at radius 3 is 2.56 bits per heavy atom. The van der Waals surface area contributed by atoms with Crippen molar-refractivity contribution in [2.45, 2.75) is 31.7 Å². The van der Waals surface area contributed by atoms with Gasteiger partial charge in [0.15, 0.2) is 5.82 Å². The van der Waals surface area contributed by atoms with E-state index in [1.165, 1.54) is 10.7 Å². The molecule has 0 unspecified atom stereocenters. The smallest absolute Gasteiger partial charge is 0.264 e. The number of nitrogens with zero attached hydrogens (tertiary/aromatic N) is 4. The molecule has 3 N–H and O–H groups in total. The van der Waals surface area contributed by atoms with E-state index in [-0.39, 0.29) is 17.4 Å². The van der Waals surface area contributed by atoms with Gasteiger partial charge in [0.05, 0.1) is 11.2 Å². The highest BCUT2D eigenvalue weighted by Crippen LogP contribution is 2.52. The minimum Gasteiger partial charge on any atom is -0.382 e. The highest BCUT2D eigenvalue weighted by atomic mass is 19.1. The molecule has 3 heterocycles. The van der Waals surface area contributed by atoms with Crippen molar-refractivity contribution < 1.29 is 4.39 Å². The van der Waals surface area contributed by atoms with Crippen LogP contribution in [0.2, 0.25) is 0 Å². The van der Waals surface area contributed by atoms with Crippen LogP contribution in [0.25, 0.3) is 22.2 Å². The zero-order chi connectivity index (χ0) is 17.3. The molecule has 0 spiro atoms. The molecule has 0 bridgehead atoms. The average Bonchev–Trinajstić information content (AvgIpc) is 3.50. The second-order valence-electron chi connectivity index (χ2n) is 7.26. The summed E-state index contributed by atoms with van der Waals surface area (Å²) < 4.78 is 16.8. The average molecular weight is 342 g/mol. The van der Waals surface area contributed by atoms with Crippen LogP contribution in [0, 0.1) is 17.8 Å². The van der Waals surface area contributed by atoms with Crippen LogP contribution < -0.4 is 11.3 Å². The Balaban J connectivity index is 1.79. The summed E-state index contributed by atoms with van der Waals surface area (Å²) in [5, 5.41) is 11.4. The molecule has 130 valence electrons. The zero-order valence-corrected chi connectivity index (χ0v) is 13.9. The van der Waals surface area contributed by atoms with Crippen LogP contribution in [-0.2, 0) is 7.05 Å². The van der Waals surface area contributed by atoms with E-state index in [0.29, 0.717) is 34.0 Å². The quantitative estimate of drug-likeness (QED) is 0.760. The van der Waals surface area contributed by atoms with Crippen LogP contribution in [0.4, 0.5) is 10.2 Å². The summed E-state index contributed by atoms with van der Waals surface area (Å²) in [4.78, 5) is 13.1. The largest absolute Gasteiger partial charge is 0.382 e. The number of aryl methyl sites for hydroxylation is 1. The van der Waals surface area contributed by atoms with Crippen LogP contribution in [0.15, 0.2) is 17.1 Å². The normalized spacial score (nSPS) is 17.7. The number of nitrogen functional groups attached to an aromatic ring is 1. The second kappa shape index (κ2) is 4.93. The van der Waals surface area contributed by atoms with E-state index in [4.69, 9.17) is 5.73 Å². The number of aromatic amines is 1. The molecule has 25 heavy (non-hydrogen) atoms. The summed E-state index contributed by atoms with van der Waals surface area (Å²) >= 11 is 0. The number of halogens is 1. The summed E-state index contributed by atoms with van der Waals surface area (Å²) in [6.45, 7) is 0. The fraction of sp³-hybridized carbons (Fsp3) is 0.471. The van der Waals surface area contributed by atoms with Crippen molar-refractivity contribution in [3.8, 4) is 11.3 Å². The molecule has 0 radical (unpaired) electrons. The van der Waals surface area contributed by atoms with Crippen LogP contribution in [0.3, 0.4) is 0 Å². The number of fused-ring (bicyclic) bond motifs is 1. The lowest BCUT2D eigenvalue weighted by atomic mass is 10.0. The van der Waals surface area contributed by atoms with Crippen molar-refractivity contribution in [1.29, 1.82) is 0 Å². The van der Waals surface area contributed by atoms with Gasteiger partial charge in [0, 0.05) is 30.9 Å². The van der Waals surface area contributed by atoms with Crippen LogP contribution in [-0.4, -0.2) is 24.5 Å². The standard InChI is InChI=1S/C17H19FN6O/c1-23-12(18)6-11(22-23)10-7-24(15(8-2-3-8)9-4-5-9)17(25)13-14(10)20-21-16(13)19/h6-9,15H,2-5H2,1H3,(H3,19,20,21). The number of pyridine rings is 1. The minimum atomic E-state index is -0.436. The molecule has 5 rings (SSSR count). The van der Waals surface area contributed by atoms with Crippen molar-refractivity contribution in [2.75, 3.05) is 5.73 Å². The van der Waals surface area contributed by atoms with Gasteiger partial charge in [0.1, 0.15) is 5.39 Å². The van der Waals surface area contributed by atoms with Crippen molar-refractivity contribution in [1.82, 2.24) is 24.5 Å². The molecule has 2 fully saturated rings. The van der Waals surface area contributed by atoms with Gasteiger partial charge < -0.3 is 10.3 Å². The molecule has 0 aliphatic heterocycles. The number of aromatic nitrogens is 5. The van der Waals surface area contributed by atoms with Crippen molar-refractivity contribution in [2.24, 2.45) is 18.9 Å². The van der Waals surface area contributed by atoms with E-state index in [1.54, 1.807) is 7.05 Å². The van der Waals surface area contributed by atoms with Crippen LogP contribution in [0.5, 0.6) is 0 Å². The number of anilines is 1. The first-order chi connectivity index (χ1) is 12.0. The summed E-state index contributed by atoms with van der Waals surface area (Å²) in [6, 6.07) is 1.56. The van der Waals surface area contributed by atoms with Crippen molar-refractivity contribution in [3.63, 3.8) is 0 Å². The third-order valence-corrected chi connectivity index (χ3v) is 5.41. The third kappa shape index (κ3) is 2.20. The lowest BCUT2D eigenvalue weighted by Crippen LogP contribution is -2.27. The fourth-order valence-electron chi connectivity index (χ4n) is 3.87. The van der Waals surface area contributed by atoms with Crippen molar-refractivity contribution >= 4 is 16.7 Å². The molecule has 0 atom stereocenters. The third-order valence-electron chi connectivity index (χ3n) is 5.41. The van der Waals surface area contributed by atoms with Crippen LogP contribution in [0.1, 0.15) is 31.7 Å². The predicted molar refractivity (Wildman–Crippen MR) is 91.4 cm³/mol. The molecule has 7 nitrogen and oxygen atoms in total. The topological polar surface area (TPSA) is 94.5 Å². The van der Waals surface area contributed by atoms with E-state index in [0.717, 1.165) is 25.7 Å². The van der Waals surface area contributed by atoms with Gasteiger partial charge in [-0.05, 0) is 37.5 Å². The van der Waals surface area contributed by atoms with Crippen LogP contribution >= 0.6 is 0 Å². The summed E-state index contributed by atoms with van der Waals surface area (Å²) in [7, 11) is 1.55. The highest BCUT2D eigenvalue weighted by molar-refractivity contribution is 5.97. The van der Waals surface area contributed by atoms with E-state index in [2.05, 4.69) is 15.3 Å². The van der Waals surface area contributed by atoms with E-state index in [1.807, 2.05) is 10.8 Å². The van der Waals surface area contributed by atoms with E-state index >= 15 is 0 Å². The molecule has 2 saturated carbocycles. The van der Waals surface area contributed by atoms with Gasteiger partial charge in [0.25, 0.3) is 5.56 Å². The Labute approximate surface area is 142 Å². The molecule has 3 aromatic heterocycles.